The molecule has 0 spiro atoms. The molecule has 0 aliphatic carbocycles. The van der Waals surface area contributed by atoms with E-state index in [0.29, 0.717) is 5.69 Å². The third kappa shape index (κ3) is 3.06. The van der Waals surface area contributed by atoms with Crippen molar-refractivity contribution in [1.29, 1.82) is 0 Å². The summed E-state index contributed by atoms with van der Waals surface area (Å²) in [4.78, 5) is 0. The van der Waals surface area contributed by atoms with Crippen LogP contribution < -0.4 is 4.74 Å². The highest BCUT2D eigenvalue weighted by Crippen LogP contribution is 2.31. The fourth-order valence-electron chi connectivity index (χ4n) is 2.62. The quantitative estimate of drug-likeness (QED) is 0.468. The van der Waals surface area contributed by atoms with Crippen LogP contribution in [0.1, 0.15) is 5.56 Å². The second kappa shape index (κ2) is 6.84. The van der Waals surface area contributed by atoms with E-state index in [1.54, 1.807) is 24.3 Å². The van der Waals surface area contributed by atoms with Crippen molar-refractivity contribution in [2.45, 2.75) is 6.61 Å². The minimum Gasteiger partial charge on any atom is -0.483 e. The minimum absolute atomic E-state index is 0.0556. The number of benzene rings is 3. The smallest absolute Gasteiger partial charge is 0.196 e. The minimum atomic E-state index is -0.830. The molecule has 0 aliphatic heterocycles. The lowest BCUT2D eigenvalue weighted by molar-refractivity contribution is 0.275. The van der Waals surface area contributed by atoms with Crippen LogP contribution in [0, 0.1) is 11.6 Å². The standard InChI is InChI=1S/C19H12BrF2N3O/c20-13-6-8-14(9-7-13)25-18-16(23-24-25)10-15(21)19(17(18)22)26-11-12-4-2-1-3-5-12/h1-10H,11H2. The van der Waals surface area contributed by atoms with Crippen molar-refractivity contribution in [2.75, 3.05) is 0 Å². The van der Waals surface area contributed by atoms with Gasteiger partial charge in [-0.2, -0.15) is 0 Å². The number of hydrogen-bond donors (Lipinski definition) is 0. The van der Waals surface area contributed by atoms with E-state index in [-0.39, 0.29) is 17.6 Å². The van der Waals surface area contributed by atoms with Crippen molar-refractivity contribution in [3.8, 4) is 11.4 Å². The number of aromatic nitrogens is 3. The maximum atomic E-state index is 15.0. The monoisotopic (exact) mass is 415 g/mol. The van der Waals surface area contributed by atoms with Crippen molar-refractivity contribution in [2.24, 2.45) is 0 Å². The van der Waals surface area contributed by atoms with E-state index in [1.165, 1.54) is 4.68 Å². The maximum absolute atomic E-state index is 15.0. The zero-order chi connectivity index (χ0) is 18.1. The van der Waals surface area contributed by atoms with E-state index in [2.05, 4.69) is 26.2 Å². The molecule has 7 heteroatoms. The molecular formula is C19H12BrF2N3O. The molecule has 0 radical (unpaired) electrons. The average molecular weight is 416 g/mol. The van der Waals surface area contributed by atoms with Gasteiger partial charge >= 0.3 is 0 Å². The van der Waals surface area contributed by atoms with E-state index in [4.69, 9.17) is 4.74 Å². The topological polar surface area (TPSA) is 39.9 Å². The fourth-order valence-corrected chi connectivity index (χ4v) is 2.88. The number of hydrogen-bond acceptors (Lipinski definition) is 3. The summed E-state index contributed by atoms with van der Waals surface area (Å²) < 4.78 is 36.9. The lowest BCUT2D eigenvalue weighted by atomic mass is 10.2. The first kappa shape index (κ1) is 16.7. The number of ether oxygens (including phenoxy) is 1. The van der Waals surface area contributed by atoms with Crippen molar-refractivity contribution in [1.82, 2.24) is 15.0 Å². The van der Waals surface area contributed by atoms with Crippen molar-refractivity contribution >= 4 is 27.0 Å². The number of rotatable bonds is 4. The third-order valence-electron chi connectivity index (χ3n) is 3.88. The molecular weight excluding hydrogens is 404 g/mol. The molecule has 4 aromatic rings. The first-order valence-electron chi connectivity index (χ1n) is 7.79. The molecule has 0 N–H and O–H groups in total. The summed E-state index contributed by atoms with van der Waals surface area (Å²) >= 11 is 3.35. The Bertz CT molecular complexity index is 1070. The molecule has 130 valence electrons. The van der Waals surface area contributed by atoms with Crippen LogP contribution in [0.2, 0.25) is 0 Å². The third-order valence-corrected chi connectivity index (χ3v) is 4.41. The summed E-state index contributed by atoms with van der Waals surface area (Å²) in [7, 11) is 0. The molecule has 26 heavy (non-hydrogen) atoms. The Morgan fingerprint density at radius 1 is 1.00 bits per heavy atom. The van der Waals surface area contributed by atoms with Gasteiger partial charge in [0, 0.05) is 10.5 Å². The molecule has 3 aromatic carbocycles. The Morgan fingerprint density at radius 2 is 1.73 bits per heavy atom. The van der Waals surface area contributed by atoms with Crippen LogP contribution >= 0.6 is 15.9 Å². The first-order valence-corrected chi connectivity index (χ1v) is 8.59. The van der Waals surface area contributed by atoms with Crippen LogP contribution in [-0.4, -0.2) is 15.0 Å². The lowest BCUT2D eigenvalue weighted by Crippen LogP contribution is -2.03. The van der Waals surface area contributed by atoms with E-state index in [1.807, 2.05) is 30.3 Å². The normalized spacial score (nSPS) is 11.0. The summed E-state index contributed by atoms with van der Waals surface area (Å²) in [6, 6.07) is 17.4. The van der Waals surface area contributed by atoms with E-state index >= 15 is 4.39 Å². The van der Waals surface area contributed by atoms with Gasteiger partial charge in [0.1, 0.15) is 17.6 Å². The van der Waals surface area contributed by atoms with Crippen LogP contribution in [0.4, 0.5) is 8.78 Å². The average Bonchev–Trinajstić information content (AvgIpc) is 3.07. The van der Waals surface area contributed by atoms with Gasteiger partial charge in [0.05, 0.1) is 5.69 Å². The zero-order valence-electron chi connectivity index (χ0n) is 13.4. The van der Waals surface area contributed by atoms with Gasteiger partial charge < -0.3 is 4.74 Å². The van der Waals surface area contributed by atoms with Gasteiger partial charge in [-0.25, -0.2) is 13.5 Å². The molecule has 4 nitrogen and oxygen atoms in total. The predicted molar refractivity (Wildman–Crippen MR) is 97.3 cm³/mol. The Morgan fingerprint density at radius 3 is 2.46 bits per heavy atom. The Labute approximate surface area is 156 Å². The fraction of sp³-hybridized carbons (Fsp3) is 0.0526. The molecule has 0 unspecified atom stereocenters. The van der Waals surface area contributed by atoms with Gasteiger partial charge in [-0.3, -0.25) is 0 Å². The summed E-state index contributed by atoms with van der Waals surface area (Å²) in [6.45, 7) is 0.0556. The van der Waals surface area contributed by atoms with Gasteiger partial charge in [0.25, 0.3) is 0 Å². The van der Waals surface area contributed by atoms with Gasteiger partial charge in [-0.05, 0) is 29.8 Å². The predicted octanol–water partition coefficient (Wildman–Crippen LogP) is 5.04. The molecule has 0 fully saturated rings. The SMILES string of the molecule is Fc1cc2nnn(-c3ccc(Br)cc3)c2c(F)c1OCc1ccccc1. The summed E-state index contributed by atoms with van der Waals surface area (Å²) in [6.07, 6.45) is 0. The number of nitrogens with zero attached hydrogens (tertiary/aromatic N) is 3. The van der Waals surface area contributed by atoms with Gasteiger partial charge in [0.2, 0.25) is 0 Å². The second-order valence-corrected chi connectivity index (χ2v) is 6.54. The highest BCUT2D eigenvalue weighted by atomic mass is 79.9. The molecule has 0 amide bonds. The summed E-state index contributed by atoms with van der Waals surface area (Å²) in [5.74, 6) is -2.08. The molecule has 1 heterocycles. The van der Waals surface area contributed by atoms with Crippen molar-refractivity contribution < 1.29 is 13.5 Å². The van der Waals surface area contributed by atoms with Crippen molar-refractivity contribution in [3.05, 3.63) is 82.3 Å². The van der Waals surface area contributed by atoms with Crippen molar-refractivity contribution in [3.63, 3.8) is 0 Å². The summed E-state index contributed by atoms with van der Waals surface area (Å²) in [5, 5.41) is 7.81. The second-order valence-electron chi connectivity index (χ2n) is 5.62. The molecule has 0 saturated heterocycles. The Balaban J connectivity index is 1.76. The van der Waals surface area contributed by atoms with Crippen LogP contribution in [0.15, 0.2) is 65.1 Å². The zero-order valence-corrected chi connectivity index (χ0v) is 15.0. The van der Waals surface area contributed by atoms with E-state index in [0.717, 1.165) is 16.1 Å². The van der Waals surface area contributed by atoms with Gasteiger partial charge in [0.15, 0.2) is 17.4 Å². The first-order chi connectivity index (χ1) is 12.6. The lowest BCUT2D eigenvalue weighted by Gasteiger charge is -2.10. The Kier molecular flexibility index (Phi) is 4.38. The molecule has 0 atom stereocenters. The van der Waals surface area contributed by atoms with E-state index in [9.17, 15) is 4.39 Å². The summed E-state index contributed by atoms with van der Waals surface area (Å²) in [5.41, 5.74) is 1.60. The van der Waals surface area contributed by atoms with Gasteiger partial charge in [-0.15, -0.1) is 5.10 Å². The van der Waals surface area contributed by atoms with Crippen LogP contribution in [0.25, 0.3) is 16.7 Å². The Hall–Kier alpha value is -2.80. The maximum Gasteiger partial charge on any atom is 0.196 e. The largest absolute Gasteiger partial charge is 0.483 e. The molecule has 0 bridgehead atoms. The van der Waals surface area contributed by atoms with Crippen LogP contribution in [-0.2, 0) is 6.61 Å². The molecule has 4 rings (SSSR count). The number of halogens is 3. The van der Waals surface area contributed by atoms with Gasteiger partial charge in [-0.1, -0.05) is 51.5 Å². The molecule has 1 aromatic heterocycles. The number of fused-ring (bicyclic) bond motifs is 1. The highest BCUT2D eigenvalue weighted by Gasteiger charge is 2.21. The van der Waals surface area contributed by atoms with Crippen LogP contribution in [0.5, 0.6) is 5.75 Å². The highest BCUT2D eigenvalue weighted by molar-refractivity contribution is 9.10. The van der Waals surface area contributed by atoms with E-state index < -0.39 is 17.4 Å². The molecule has 0 saturated carbocycles. The molecule has 0 aliphatic rings. The van der Waals surface area contributed by atoms with Crippen LogP contribution in [0.3, 0.4) is 0 Å².